The topological polar surface area (TPSA) is 43.1 Å². The summed E-state index contributed by atoms with van der Waals surface area (Å²) in [6.07, 6.45) is 2.28. The van der Waals surface area contributed by atoms with Gasteiger partial charge in [0.2, 0.25) is 0 Å². The molecule has 4 heteroatoms. The fraction of sp³-hybridized carbons (Fsp3) is 0.250. The molecule has 0 fully saturated rings. The van der Waals surface area contributed by atoms with Gasteiger partial charge < -0.3 is 0 Å². The van der Waals surface area contributed by atoms with Gasteiger partial charge in [0.1, 0.15) is 0 Å². The Balaban J connectivity index is 2.41. The number of rotatable bonds is 1. The van der Waals surface area contributed by atoms with Crippen LogP contribution in [0.3, 0.4) is 0 Å². The second kappa shape index (κ2) is 2.17. The van der Waals surface area contributed by atoms with Crippen LogP contribution in [0, 0.1) is 15.5 Å². The zero-order valence-corrected chi connectivity index (χ0v) is 4.85. The SMILES string of the molecule is O=[N+]([O-])[C]1CC=CS1. The molecule has 0 amide bonds. The number of nitrogens with zero attached hydrogens (tertiary/aromatic N) is 1. The van der Waals surface area contributed by atoms with Crippen molar-refractivity contribution in [3.63, 3.8) is 0 Å². The van der Waals surface area contributed by atoms with Gasteiger partial charge in [-0.1, -0.05) is 6.08 Å². The third kappa shape index (κ3) is 1.01. The minimum Gasteiger partial charge on any atom is -0.263 e. The molecule has 0 aromatic rings. The summed E-state index contributed by atoms with van der Waals surface area (Å²) in [5.41, 5.74) is 0. The van der Waals surface area contributed by atoms with Crippen molar-refractivity contribution in [2.75, 3.05) is 0 Å². The van der Waals surface area contributed by atoms with Crippen LogP contribution in [0.15, 0.2) is 11.5 Å². The van der Waals surface area contributed by atoms with Gasteiger partial charge in [-0.15, -0.1) is 0 Å². The van der Waals surface area contributed by atoms with Crippen LogP contribution in [0.2, 0.25) is 0 Å². The van der Waals surface area contributed by atoms with Crippen LogP contribution in [0.25, 0.3) is 0 Å². The van der Waals surface area contributed by atoms with Crippen LogP contribution in [0.4, 0.5) is 0 Å². The van der Waals surface area contributed by atoms with Gasteiger partial charge in [-0.25, -0.2) is 0 Å². The van der Waals surface area contributed by atoms with Gasteiger partial charge in [0.25, 0.3) is 0 Å². The van der Waals surface area contributed by atoms with Gasteiger partial charge >= 0.3 is 5.37 Å². The van der Waals surface area contributed by atoms with Crippen molar-refractivity contribution in [1.29, 1.82) is 0 Å². The summed E-state index contributed by atoms with van der Waals surface area (Å²) in [7, 11) is 0. The first-order valence-corrected chi connectivity index (χ1v) is 3.00. The molecule has 1 aliphatic heterocycles. The van der Waals surface area contributed by atoms with E-state index >= 15 is 0 Å². The quantitative estimate of drug-likeness (QED) is 0.398. The second-order valence-electron chi connectivity index (χ2n) is 1.34. The lowest BCUT2D eigenvalue weighted by Gasteiger charge is -1.91. The zero-order valence-electron chi connectivity index (χ0n) is 4.03. The summed E-state index contributed by atoms with van der Waals surface area (Å²) in [5.74, 6) is 0. The largest absolute Gasteiger partial charge is 0.353 e. The first-order chi connectivity index (χ1) is 3.80. The molecule has 8 heavy (non-hydrogen) atoms. The fourth-order valence-corrected chi connectivity index (χ4v) is 1.07. The molecular formula is C4H4NO2S. The van der Waals surface area contributed by atoms with E-state index < -0.39 is 0 Å². The van der Waals surface area contributed by atoms with Gasteiger partial charge in [0, 0.05) is 4.92 Å². The van der Waals surface area contributed by atoms with E-state index in [4.69, 9.17) is 0 Å². The molecular weight excluding hydrogens is 126 g/mol. The highest BCUT2D eigenvalue weighted by Gasteiger charge is 2.24. The first kappa shape index (κ1) is 5.62. The average Bonchev–Trinajstić information content (AvgIpc) is 2.12. The Labute approximate surface area is 50.9 Å². The Hall–Kier alpha value is -0.510. The molecule has 0 unspecified atom stereocenters. The van der Waals surface area contributed by atoms with Crippen LogP contribution in [0.5, 0.6) is 0 Å². The fourth-order valence-electron chi connectivity index (χ4n) is 0.441. The summed E-state index contributed by atoms with van der Waals surface area (Å²) in [6, 6.07) is 0. The highest BCUT2D eigenvalue weighted by Crippen LogP contribution is 2.30. The van der Waals surface area contributed by atoms with Crippen LogP contribution in [-0.4, -0.2) is 4.92 Å². The Bertz CT molecular complexity index is 126. The van der Waals surface area contributed by atoms with Crippen molar-refractivity contribution in [1.82, 2.24) is 0 Å². The van der Waals surface area contributed by atoms with E-state index in [1.54, 1.807) is 11.5 Å². The first-order valence-electron chi connectivity index (χ1n) is 2.12. The molecule has 0 saturated carbocycles. The van der Waals surface area contributed by atoms with E-state index in [0.29, 0.717) is 11.8 Å². The van der Waals surface area contributed by atoms with Crippen LogP contribution in [0.1, 0.15) is 6.42 Å². The monoisotopic (exact) mass is 130 g/mol. The molecule has 0 spiro atoms. The van der Waals surface area contributed by atoms with Gasteiger partial charge in [-0.2, -0.15) is 0 Å². The molecule has 0 aliphatic carbocycles. The maximum atomic E-state index is 9.91. The summed E-state index contributed by atoms with van der Waals surface area (Å²) in [4.78, 5) is 9.57. The molecule has 3 nitrogen and oxygen atoms in total. The summed E-state index contributed by atoms with van der Waals surface area (Å²) >= 11 is 1.19. The molecule has 43 valence electrons. The van der Waals surface area contributed by atoms with E-state index in [9.17, 15) is 10.1 Å². The lowest BCUT2D eigenvalue weighted by molar-refractivity contribution is -0.446. The third-order valence-corrected chi connectivity index (χ3v) is 1.71. The van der Waals surface area contributed by atoms with E-state index in [2.05, 4.69) is 0 Å². The van der Waals surface area contributed by atoms with Crippen LogP contribution in [-0.2, 0) is 0 Å². The van der Waals surface area contributed by atoms with Crippen LogP contribution >= 0.6 is 11.8 Å². The third-order valence-electron chi connectivity index (χ3n) is 0.796. The summed E-state index contributed by atoms with van der Waals surface area (Å²) in [5, 5.41) is 12.0. The Morgan fingerprint density at radius 1 is 1.88 bits per heavy atom. The summed E-state index contributed by atoms with van der Waals surface area (Å²) in [6.45, 7) is 0. The lowest BCUT2D eigenvalue weighted by Crippen LogP contribution is -2.00. The average molecular weight is 130 g/mol. The molecule has 0 saturated heterocycles. The summed E-state index contributed by atoms with van der Waals surface area (Å²) < 4.78 is 0. The highest BCUT2D eigenvalue weighted by molar-refractivity contribution is 8.04. The predicted molar refractivity (Wildman–Crippen MR) is 31.6 cm³/mol. The minimum atomic E-state index is -0.343. The van der Waals surface area contributed by atoms with Crippen molar-refractivity contribution in [2.45, 2.75) is 6.42 Å². The highest BCUT2D eigenvalue weighted by atomic mass is 32.2. The number of thioether (sulfide) groups is 1. The molecule has 0 aromatic carbocycles. The van der Waals surface area contributed by atoms with Gasteiger partial charge in [-0.3, -0.25) is 10.1 Å². The van der Waals surface area contributed by atoms with E-state index in [-0.39, 0.29) is 4.92 Å². The number of nitro groups is 1. The second-order valence-corrected chi connectivity index (χ2v) is 2.32. The van der Waals surface area contributed by atoms with Gasteiger partial charge in [-0.05, 0) is 17.2 Å². The Kier molecular flexibility index (Phi) is 1.53. The van der Waals surface area contributed by atoms with Crippen molar-refractivity contribution in [2.24, 2.45) is 0 Å². The molecule has 0 aromatic heterocycles. The molecule has 1 rings (SSSR count). The van der Waals surface area contributed by atoms with Crippen LogP contribution < -0.4 is 0 Å². The maximum absolute atomic E-state index is 9.91. The molecule has 0 atom stereocenters. The standard InChI is InChI=1S/C4H4NO2S/c6-5(7)4-2-1-3-8-4/h1,3H,2H2. The van der Waals surface area contributed by atoms with Crippen molar-refractivity contribution >= 4 is 11.8 Å². The van der Waals surface area contributed by atoms with E-state index in [1.165, 1.54) is 11.8 Å². The van der Waals surface area contributed by atoms with Gasteiger partial charge in [0.15, 0.2) is 0 Å². The van der Waals surface area contributed by atoms with Crippen molar-refractivity contribution in [3.05, 3.63) is 27.0 Å². The smallest absolute Gasteiger partial charge is 0.263 e. The molecule has 1 radical (unpaired) electrons. The predicted octanol–water partition coefficient (Wildman–Crippen LogP) is 1.40. The Morgan fingerprint density at radius 3 is 2.88 bits per heavy atom. The van der Waals surface area contributed by atoms with Crippen molar-refractivity contribution < 1.29 is 4.92 Å². The normalized spacial score (nSPS) is 19.5. The number of hydrogen-bond acceptors (Lipinski definition) is 3. The minimum absolute atomic E-state index is 0.324. The molecule has 0 N–H and O–H groups in total. The zero-order chi connectivity index (χ0) is 5.98. The van der Waals surface area contributed by atoms with E-state index in [1.807, 2.05) is 0 Å². The molecule has 0 bridgehead atoms. The molecule has 1 aliphatic rings. The lowest BCUT2D eigenvalue weighted by atomic mass is 10.4. The Morgan fingerprint density at radius 2 is 2.62 bits per heavy atom. The van der Waals surface area contributed by atoms with E-state index in [0.717, 1.165) is 0 Å². The van der Waals surface area contributed by atoms with Crippen molar-refractivity contribution in [3.8, 4) is 0 Å². The number of hydrogen-bond donors (Lipinski definition) is 0. The van der Waals surface area contributed by atoms with Gasteiger partial charge in [0.05, 0.1) is 6.42 Å². The molecule has 1 heterocycles. The maximum Gasteiger partial charge on any atom is 0.353 e.